The number of pyridine rings is 1. The van der Waals surface area contributed by atoms with Gasteiger partial charge in [0, 0.05) is 35.9 Å². The Morgan fingerprint density at radius 2 is 2.15 bits per heavy atom. The molecule has 1 aromatic carbocycles. The summed E-state index contributed by atoms with van der Waals surface area (Å²) in [6, 6.07) is 6.41. The van der Waals surface area contributed by atoms with Gasteiger partial charge < -0.3 is 9.64 Å². The van der Waals surface area contributed by atoms with E-state index in [-0.39, 0.29) is 11.7 Å². The van der Waals surface area contributed by atoms with Crippen LogP contribution >= 0.6 is 11.6 Å². The van der Waals surface area contributed by atoms with Gasteiger partial charge in [-0.3, -0.25) is 0 Å². The van der Waals surface area contributed by atoms with E-state index in [1.807, 2.05) is 6.07 Å². The van der Waals surface area contributed by atoms with Gasteiger partial charge in [0.25, 0.3) is 0 Å². The first-order chi connectivity index (χ1) is 12.4. The van der Waals surface area contributed by atoms with E-state index >= 15 is 0 Å². The van der Waals surface area contributed by atoms with Crippen molar-refractivity contribution in [1.29, 1.82) is 0 Å². The molecule has 0 aliphatic carbocycles. The molecule has 1 unspecified atom stereocenters. The van der Waals surface area contributed by atoms with Crippen molar-refractivity contribution in [2.75, 3.05) is 18.1 Å². The maximum absolute atomic E-state index is 13.8. The zero-order chi connectivity index (χ0) is 18.8. The van der Waals surface area contributed by atoms with Gasteiger partial charge in [-0.05, 0) is 48.2 Å². The lowest BCUT2D eigenvalue weighted by Crippen LogP contribution is -2.36. The van der Waals surface area contributed by atoms with Gasteiger partial charge in [0.15, 0.2) is 0 Å². The third-order valence-electron chi connectivity index (χ3n) is 4.70. The minimum atomic E-state index is -0.405. The lowest BCUT2D eigenvalue weighted by Gasteiger charge is -2.38. The first-order valence-corrected chi connectivity index (χ1v) is 9.13. The van der Waals surface area contributed by atoms with E-state index < -0.39 is 5.97 Å². The van der Waals surface area contributed by atoms with Gasteiger partial charge in [-0.2, -0.15) is 0 Å². The van der Waals surface area contributed by atoms with Crippen molar-refractivity contribution >= 4 is 23.3 Å². The topological polar surface area (TPSA) is 42.4 Å². The number of aromatic nitrogens is 1. The second-order valence-electron chi connectivity index (χ2n) is 6.85. The minimum Gasteiger partial charge on any atom is -0.461 e. The third-order valence-corrected chi connectivity index (χ3v) is 4.92. The van der Waals surface area contributed by atoms with E-state index in [0.29, 0.717) is 29.8 Å². The van der Waals surface area contributed by atoms with E-state index in [4.69, 9.17) is 16.3 Å². The fraction of sp³-hybridized carbons (Fsp3) is 0.400. The summed E-state index contributed by atoms with van der Waals surface area (Å²) >= 11 is 6.02. The number of ether oxygens (including phenoxy) is 1. The van der Waals surface area contributed by atoms with Crippen LogP contribution in [0.15, 0.2) is 30.5 Å². The van der Waals surface area contributed by atoms with E-state index in [1.54, 1.807) is 19.2 Å². The highest BCUT2D eigenvalue weighted by molar-refractivity contribution is 6.30. The van der Waals surface area contributed by atoms with Gasteiger partial charge in [-0.1, -0.05) is 25.4 Å². The number of benzene rings is 1. The summed E-state index contributed by atoms with van der Waals surface area (Å²) in [5.41, 5.74) is 3.22. The van der Waals surface area contributed by atoms with Crippen LogP contribution in [0.25, 0.3) is 0 Å². The van der Waals surface area contributed by atoms with Crippen LogP contribution in [-0.2, 0) is 11.3 Å². The van der Waals surface area contributed by atoms with E-state index in [1.165, 1.54) is 12.1 Å². The highest BCUT2D eigenvalue weighted by Crippen LogP contribution is 2.36. The minimum absolute atomic E-state index is 0.192. The Balaban J connectivity index is 1.97. The molecular weight excluding hydrogens is 355 g/mol. The molecule has 1 aromatic heterocycles. The molecule has 2 aromatic rings. The fourth-order valence-electron chi connectivity index (χ4n) is 3.39. The average molecular weight is 377 g/mol. The summed E-state index contributed by atoms with van der Waals surface area (Å²) in [7, 11) is 0. The molecule has 0 amide bonds. The molecule has 0 spiro atoms. The molecule has 6 heteroatoms. The summed E-state index contributed by atoms with van der Waals surface area (Å²) in [5.74, 6) is -0.220. The SMILES string of the molecule is CCOC(=O)c1cc2c(cn1)CN(c1cc(F)cc(Cl)c1)CC2C(C)C. The quantitative estimate of drug-likeness (QED) is 0.718. The predicted molar refractivity (Wildman–Crippen MR) is 100 cm³/mol. The van der Waals surface area contributed by atoms with E-state index in [0.717, 1.165) is 23.4 Å². The lowest BCUT2D eigenvalue weighted by molar-refractivity contribution is 0.0519. The van der Waals surface area contributed by atoms with Crippen LogP contribution in [0.4, 0.5) is 10.1 Å². The van der Waals surface area contributed by atoms with Gasteiger partial charge in [0.2, 0.25) is 0 Å². The Morgan fingerprint density at radius 1 is 1.38 bits per heavy atom. The molecule has 4 nitrogen and oxygen atoms in total. The van der Waals surface area contributed by atoms with Crippen molar-refractivity contribution in [3.05, 3.63) is 58.1 Å². The van der Waals surface area contributed by atoms with Crippen molar-refractivity contribution < 1.29 is 13.9 Å². The largest absolute Gasteiger partial charge is 0.461 e. The number of carbonyl (C=O) groups is 1. The molecule has 2 heterocycles. The molecule has 26 heavy (non-hydrogen) atoms. The molecule has 0 fully saturated rings. The Bertz CT molecular complexity index is 805. The van der Waals surface area contributed by atoms with Gasteiger partial charge in [-0.25, -0.2) is 14.2 Å². The van der Waals surface area contributed by atoms with Crippen molar-refractivity contribution in [3.63, 3.8) is 0 Å². The molecule has 0 N–H and O–H groups in total. The number of halogens is 2. The summed E-state index contributed by atoms with van der Waals surface area (Å²) in [6.45, 7) is 7.68. The Kier molecular flexibility index (Phi) is 5.47. The smallest absolute Gasteiger partial charge is 0.356 e. The van der Waals surface area contributed by atoms with Crippen LogP contribution in [-0.4, -0.2) is 24.1 Å². The average Bonchev–Trinajstić information content (AvgIpc) is 2.59. The number of anilines is 1. The molecule has 0 radical (unpaired) electrons. The van der Waals surface area contributed by atoms with Crippen LogP contribution in [0.3, 0.4) is 0 Å². The zero-order valence-electron chi connectivity index (χ0n) is 15.1. The van der Waals surface area contributed by atoms with Crippen LogP contribution in [0.1, 0.15) is 48.3 Å². The molecule has 0 bridgehead atoms. The Hall–Kier alpha value is -2.14. The van der Waals surface area contributed by atoms with Crippen LogP contribution in [0.5, 0.6) is 0 Å². The summed E-state index contributed by atoms with van der Waals surface area (Å²) in [6.07, 6.45) is 1.73. The highest BCUT2D eigenvalue weighted by Gasteiger charge is 2.29. The summed E-state index contributed by atoms with van der Waals surface area (Å²) in [5, 5.41) is 0.377. The highest BCUT2D eigenvalue weighted by atomic mass is 35.5. The van der Waals surface area contributed by atoms with Gasteiger partial charge in [0.1, 0.15) is 11.5 Å². The van der Waals surface area contributed by atoms with Crippen molar-refractivity contribution in [2.24, 2.45) is 5.92 Å². The maximum Gasteiger partial charge on any atom is 0.356 e. The lowest BCUT2D eigenvalue weighted by atomic mass is 9.82. The molecule has 3 rings (SSSR count). The van der Waals surface area contributed by atoms with Gasteiger partial charge >= 0.3 is 5.97 Å². The Morgan fingerprint density at radius 3 is 2.81 bits per heavy atom. The number of esters is 1. The first-order valence-electron chi connectivity index (χ1n) is 8.76. The fourth-order valence-corrected chi connectivity index (χ4v) is 3.60. The molecule has 1 aliphatic rings. The normalized spacial score (nSPS) is 16.5. The van der Waals surface area contributed by atoms with Gasteiger partial charge in [-0.15, -0.1) is 0 Å². The summed E-state index contributed by atoms with van der Waals surface area (Å²) < 4.78 is 18.8. The number of fused-ring (bicyclic) bond motifs is 1. The molecular formula is C20H22ClFN2O2. The predicted octanol–water partition coefficient (Wildman–Crippen LogP) is 4.81. The monoisotopic (exact) mass is 376 g/mol. The maximum atomic E-state index is 13.8. The van der Waals surface area contributed by atoms with Crippen LogP contribution in [0.2, 0.25) is 5.02 Å². The molecule has 1 atom stereocenters. The second kappa shape index (κ2) is 7.62. The van der Waals surface area contributed by atoms with Crippen LogP contribution in [0, 0.1) is 11.7 Å². The molecule has 0 saturated carbocycles. The van der Waals surface area contributed by atoms with Crippen molar-refractivity contribution in [2.45, 2.75) is 33.2 Å². The van der Waals surface area contributed by atoms with E-state index in [9.17, 15) is 9.18 Å². The third kappa shape index (κ3) is 3.83. The molecule has 138 valence electrons. The summed E-state index contributed by atoms with van der Waals surface area (Å²) in [4.78, 5) is 18.4. The van der Waals surface area contributed by atoms with Gasteiger partial charge in [0.05, 0.1) is 6.61 Å². The number of hydrogen-bond acceptors (Lipinski definition) is 4. The first kappa shape index (κ1) is 18.6. The number of nitrogens with zero attached hydrogens (tertiary/aromatic N) is 2. The van der Waals surface area contributed by atoms with Crippen molar-refractivity contribution in [3.8, 4) is 0 Å². The van der Waals surface area contributed by atoms with E-state index in [2.05, 4.69) is 23.7 Å². The Labute approximate surface area is 157 Å². The number of carbonyl (C=O) groups excluding carboxylic acids is 1. The number of hydrogen-bond donors (Lipinski definition) is 0. The van der Waals surface area contributed by atoms with Crippen LogP contribution < -0.4 is 4.90 Å². The second-order valence-corrected chi connectivity index (χ2v) is 7.28. The zero-order valence-corrected chi connectivity index (χ0v) is 15.9. The molecule has 0 saturated heterocycles. The van der Waals surface area contributed by atoms with Crippen molar-refractivity contribution in [1.82, 2.24) is 4.98 Å². The number of rotatable bonds is 4. The standard InChI is InChI=1S/C20H22ClFN2O2/c1-4-26-20(25)19-8-17-13(9-23-19)10-24(11-18(17)12(2)3)16-6-14(21)5-15(22)7-16/h5-9,12,18H,4,10-11H2,1-3H3. The molecule has 1 aliphatic heterocycles.